The molecule has 0 fully saturated rings. The summed E-state index contributed by atoms with van der Waals surface area (Å²) in [5, 5.41) is 11.1. The van der Waals surface area contributed by atoms with Gasteiger partial charge in [-0.05, 0) is 42.8 Å². The Balaban J connectivity index is 1.80. The molecule has 6 heteroatoms. The molecule has 128 valence electrons. The molecule has 1 amide bonds. The SMILES string of the molecule is CCCCNC(=O)c1ccc(-n2nncc2-c2ccc(Br)cc2)cc1. The molecule has 0 aliphatic heterocycles. The second-order valence-corrected chi connectivity index (χ2v) is 6.61. The van der Waals surface area contributed by atoms with Crippen molar-refractivity contribution in [3.05, 3.63) is 64.8 Å². The lowest BCUT2D eigenvalue weighted by Crippen LogP contribution is -2.24. The van der Waals surface area contributed by atoms with E-state index < -0.39 is 0 Å². The molecular formula is C19H19BrN4O. The number of hydrogen-bond donors (Lipinski definition) is 1. The van der Waals surface area contributed by atoms with Gasteiger partial charge < -0.3 is 5.32 Å². The average molecular weight is 399 g/mol. The third kappa shape index (κ3) is 4.14. The van der Waals surface area contributed by atoms with Gasteiger partial charge >= 0.3 is 0 Å². The fraction of sp³-hybridized carbons (Fsp3) is 0.211. The van der Waals surface area contributed by atoms with Gasteiger partial charge in [0.15, 0.2) is 0 Å². The van der Waals surface area contributed by atoms with Crippen molar-refractivity contribution < 1.29 is 4.79 Å². The van der Waals surface area contributed by atoms with Crippen LogP contribution in [0, 0.1) is 0 Å². The highest BCUT2D eigenvalue weighted by Gasteiger charge is 2.10. The molecule has 1 aromatic heterocycles. The van der Waals surface area contributed by atoms with E-state index in [-0.39, 0.29) is 5.91 Å². The Kier molecular flexibility index (Phi) is 5.60. The number of rotatable bonds is 6. The smallest absolute Gasteiger partial charge is 0.251 e. The summed E-state index contributed by atoms with van der Waals surface area (Å²) in [6.45, 7) is 2.80. The van der Waals surface area contributed by atoms with Crippen LogP contribution in [0.2, 0.25) is 0 Å². The van der Waals surface area contributed by atoms with Crippen LogP contribution in [0.1, 0.15) is 30.1 Å². The lowest BCUT2D eigenvalue weighted by Gasteiger charge is -2.08. The first-order valence-corrected chi connectivity index (χ1v) is 9.03. The van der Waals surface area contributed by atoms with Crippen LogP contribution < -0.4 is 5.32 Å². The Morgan fingerprint density at radius 3 is 2.52 bits per heavy atom. The molecule has 3 aromatic rings. The molecule has 0 aliphatic rings. The molecule has 0 spiro atoms. The van der Waals surface area contributed by atoms with Crippen LogP contribution in [-0.4, -0.2) is 27.4 Å². The molecular weight excluding hydrogens is 380 g/mol. The number of aromatic nitrogens is 3. The first-order chi connectivity index (χ1) is 12.2. The lowest BCUT2D eigenvalue weighted by molar-refractivity contribution is 0.0953. The number of carbonyl (C=O) groups excluding carboxylic acids is 1. The largest absolute Gasteiger partial charge is 0.352 e. The van der Waals surface area contributed by atoms with Crippen LogP contribution in [-0.2, 0) is 0 Å². The Morgan fingerprint density at radius 2 is 1.84 bits per heavy atom. The third-order valence-electron chi connectivity index (χ3n) is 3.88. The molecule has 2 aromatic carbocycles. The van der Waals surface area contributed by atoms with Gasteiger partial charge in [0.2, 0.25) is 0 Å². The number of unbranched alkanes of at least 4 members (excludes halogenated alkanes) is 1. The minimum Gasteiger partial charge on any atom is -0.352 e. The third-order valence-corrected chi connectivity index (χ3v) is 4.41. The number of carbonyl (C=O) groups is 1. The van der Waals surface area contributed by atoms with E-state index in [1.54, 1.807) is 10.9 Å². The Hall–Kier alpha value is -2.47. The molecule has 1 heterocycles. The standard InChI is InChI=1S/C19H19BrN4O/c1-2-3-12-21-19(25)15-6-10-17(11-7-15)24-18(13-22-23-24)14-4-8-16(20)9-5-14/h4-11,13H,2-3,12H2,1H3,(H,21,25). The fourth-order valence-corrected chi connectivity index (χ4v) is 2.74. The van der Waals surface area contributed by atoms with Crippen LogP contribution in [0.5, 0.6) is 0 Å². The summed E-state index contributed by atoms with van der Waals surface area (Å²) in [6.07, 6.45) is 3.78. The predicted molar refractivity (Wildman–Crippen MR) is 102 cm³/mol. The lowest BCUT2D eigenvalue weighted by atomic mass is 10.1. The van der Waals surface area contributed by atoms with Crippen molar-refractivity contribution in [3.63, 3.8) is 0 Å². The molecule has 0 radical (unpaired) electrons. The molecule has 0 aliphatic carbocycles. The number of amides is 1. The average Bonchev–Trinajstić information content (AvgIpc) is 3.12. The van der Waals surface area contributed by atoms with Crippen molar-refractivity contribution in [3.8, 4) is 16.9 Å². The van der Waals surface area contributed by atoms with E-state index in [0.717, 1.165) is 34.3 Å². The summed E-state index contributed by atoms with van der Waals surface area (Å²) in [7, 11) is 0. The van der Waals surface area contributed by atoms with Gasteiger partial charge in [0, 0.05) is 22.1 Å². The number of nitrogens with one attached hydrogen (secondary N) is 1. The van der Waals surface area contributed by atoms with E-state index in [1.165, 1.54) is 0 Å². The van der Waals surface area contributed by atoms with E-state index in [0.29, 0.717) is 12.1 Å². The second kappa shape index (κ2) is 8.07. The van der Waals surface area contributed by atoms with E-state index >= 15 is 0 Å². The van der Waals surface area contributed by atoms with Crippen LogP contribution in [0.3, 0.4) is 0 Å². The molecule has 0 unspecified atom stereocenters. The van der Waals surface area contributed by atoms with Gasteiger partial charge in [-0.1, -0.05) is 46.6 Å². The van der Waals surface area contributed by atoms with Gasteiger partial charge in [-0.3, -0.25) is 4.79 Å². The van der Waals surface area contributed by atoms with Gasteiger partial charge in [-0.15, -0.1) is 5.10 Å². The van der Waals surface area contributed by atoms with E-state index in [9.17, 15) is 4.79 Å². The number of benzene rings is 2. The van der Waals surface area contributed by atoms with Crippen molar-refractivity contribution in [1.82, 2.24) is 20.3 Å². The molecule has 0 saturated heterocycles. The van der Waals surface area contributed by atoms with Gasteiger partial charge in [0.25, 0.3) is 5.91 Å². The van der Waals surface area contributed by atoms with Crippen molar-refractivity contribution in [1.29, 1.82) is 0 Å². The Bertz CT molecular complexity index is 841. The predicted octanol–water partition coefficient (Wildman–Crippen LogP) is 4.23. The maximum atomic E-state index is 12.1. The van der Waals surface area contributed by atoms with Crippen LogP contribution in [0.4, 0.5) is 0 Å². The molecule has 1 N–H and O–H groups in total. The van der Waals surface area contributed by atoms with Crippen molar-refractivity contribution in [2.45, 2.75) is 19.8 Å². The minimum atomic E-state index is -0.0493. The summed E-state index contributed by atoms with van der Waals surface area (Å²) in [4.78, 5) is 12.1. The van der Waals surface area contributed by atoms with Crippen LogP contribution in [0.25, 0.3) is 16.9 Å². The molecule has 0 saturated carbocycles. The van der Waals surface area contributed by atoms with Crippen LogP contribution in [0.15, 0.2) is 59.2 Å². The summed E-state index contributed by atoms with van der Waals surface area (Å²) in [6, 6.07) is 15.4. The normalized spacial score (nSPS) is 10.6. The first-order valence-electron chi connectivity index (χ1n) is 8.24. The maximum absolute atomic E-state index is 12.1. The van der Waals surface area contributed by atoms with Crippen molar-refractivity contribution >= 4 is 21.8 Å². The second-order valence-electron chi connectivity index (χ2n) is 5.69. The zero-order chi connectivity index (χ0) is 17.6. The summed E-state index contributed by atoms with van der Waals surface area (Å²) in [5.41, 5.74) is 3.42. The number of nitrogens with zero attached hydrogens (tertiary/aromatic N) is 3. The van der Waals surface area contributed by atoms with Gasteiger partial charge in [0.1, 0.15) is 0 Å². The van der Waals surface area contributed by atoms with Gasteiger partial charge in [0.05, 0.1) is 17.6 Å². The topological polar surface area (TPSA) is 59.8 Å². The molecule has 0 bridgehead atoms. The highest BCUT2D eigenvalue weighted by atomic mass is 79.9. The molecule has 3 rings (SSSR count). The molecule has 0 atom stereocenters. The van der Waals surface area contributed by atoms with E-state index in [4.69, 9.17) is 0 Å². The van der Waals surface area contributed by atoms with Gasteiger partial charge in [-0.2, -0.15) is 0 Å². The Morgan fingerprint density at radius 1 is 1.12 bits per heavy atom. The van der Waals surface area contributed by atoms with Gasteiger partial charge in [-0.25, -0.2) is 4.68 Å². The highest BCUT2D eigenvalue weighted by molar-refractivity contribution is 9.10. The van der Waals surface area contributed by atoms with Crippen LogP contribution >= 0.6 is 15.9 Å². The summed E-state index contributed by atoms with van der Waals surface area (Å²) in [5.74, 6) is -0.0493. The first kappa shape index (κ1) is 17.4. The zero-order valence-electron chi connectivity index (χ0n) is 13.9. The minimum absolute atomic E-state index is 0.0493. The monoisotopic (exact) mass is 398 g/mol. The summed E-state index contributed by atoms with van der Waals surface area (Å²) < 4.78 is 2.79. The molecule has 25 heavy (non-hydrogen) atoms. The highest BCUT2D eigenvalue weighted by Crippen LogP contribution is 2.23. The quantitative estimate of drug-likeness (QED) is 0.632. The van der Waals surface area contributed by atoms with Crippen molar-refractivity contribution in [2.24, 2.45) is 0 Å². The van der Waals surface area contributed by atoms with E-state index in [1.807, 2.05) is 48.5 Å². The fourth-order valence-electron chi connectivity index (χ4n) is 2.48. The number of halogens is 1. The maximum Gasteiger partial charge on any atom is 0.251 e. The Labute approximate surface area is 155 Å². The number of hydrogen-bond acceptors (Lipinski definition) is 3. The summed E-state index contributed by atoms with van der Waals surface area (Å²) >= 11 is 3.44. The molecule has 5 nitrogen and oxygen atoms in total. The van der Waals surface area contributed by atoms with Crippen molar-refractivity contribution in [2.75, 3.05) is 6.54 Å². The van der Waals surface area contributed by atoms with E-state index in [2.05, 4.69) is 38.5 Å². The zero-order valence-corrected chi connectivity index (χ0v) is 15.5.